The molecule has 3 rings (SSSR count). The van der Waals surface area contributed by atoms with Gasteiger partial charge in [-0.25, -0.2) is 9.97 Å². The monoisotopic (exact) mass is 306 g/mol. The van der Waals surface area contributed by atoms with Crippen LogP contribution in [0, 0.1) is 6.92 Å². The first-order valence-electron chi connectivity index (χ1n) is 7.44. The maximum atomic E-state index is 9.68. The van der Waals surface area contributed by atoms with Gasteiger partial charge in [-0.3, -0.25) is 4.98 Å². The Labute approximate surface area is 135 Å². The summed E-state index contributed by atoms with van der Waals surface area (Å²) < 4.78 is 0. The Bertz CT molecular complexity index is 762. The summed E-state index contributed by atoms with van der Waals surface area (Å²) >= 11 is 0. The third-order valence-electron chi connectivity index (χ3n) is 3.50. The lowest BCUT2D eigenvalue weighted by Crippen LogP contribution is -2.16. The third kappa shape index (κ3) is 3.70. The van der Waals surface area contributed by atoms with Crippen LogP contribution in [0.2, 0.25) is 0 Å². The molecule has 116 valence electrons. The molecule has 0 aliphatic carbocycles. The van der Waals surface area contributed by atoms with Crippen molar-refractivity contribution < 1.29 is 5.11 Å². The minimum Gasteiger partial charge on any atom is -0.394 e. The van der Waals surface area contributed by atoms with E-state index in [4.69, 9.17) is 0 Å². The summed E-state index contributed by atoms with van der Waals surface area (Å²) in [4.78, 5) is 13.0. The summed E-state index contributed by atoms with van der Waals surface area (Å²) in [6, 6.07) is 15.2. The van der Waals surface area contributed by atoms with Gasteiger partial charge >= 0.3 is 0 Å². The number of rotatable bonds is 5. The summed E-state index contributed by atoms with van der Waals surface area (Å²) in [5.74, 6) is 1.33. The van der Waals surface area contributed by atoms with E-state index in [2.05, 4.69) is 20.3 Å². The normalized spacial score (nSPS) is 11.9. The summed E-state index contributed by atoms with van der Waals surface area (Å²) in [6.45, 7) is 1.91. The molecule has 0 fully saturated rings. The highest BCUT2D eigenvalue weighted by molar-refractivity contribution is 5.57. The number of hydrogen-bond acceptors (Lipinski definition) is 5. The highest BCUT2D eigenvalue weighted by Crippen LogP contribution is 2.21. The average Bonchev–Trinajstić information content (AvgIpc) is 2.61. The highest BCUT2D eigenvalue weighted by Gasteiger charge is 2.12. The molecule has 5 nitrogen and oxygen atoms in total. The van der Waals surface area contributed by atoms with E-state index in [1.165, 1.54) is 0 Å². The molecule has 5 heteroatoms. The second-order valence-electron chi connectivity index (χ2n) is 5.24. The molecular formula is C18H18N4O. The van der Waals surface area contributed by atoms with Gasteiger partial charge in [0.05, 0.1) is 12.6 Å². The van der Waals surface area contributed by atoms with Crippen molar-refractivity contribution in [3.05, 3.63) is 72.2 Å². The Kier molecular flexibility index (Phi) is 4.59. The maximum absolute atomic E-state index is 9.68. The molecule has 0 amide bonds. The standard InChI is InChI=1S/C18H18N4O/c1-13-11-17(21-16(12-23)14-5-3-2-4-6-14)22-18(20-13)15-7-9-19-10-8-15/h2-11,16,23H,12H2,1H3,(H,20,21,22)/t16-/m1/s1. The Hall–Kier alpha value is -2.79. The van der Waals surface area contributed by atoms with Crippen LogP contribution < -0.4 is 5.32 Å². The van der Waals surface area contributed by atoms with Crippen molar-refractivity contribution in [2.75, 3.05) is 11.9 Å². The minimum absolute atomic E-state index is 0.0162. The van der Waals surface area contributed by atoms with E-state index < -0.39 is 0 Å². The van der Waals surface area contributed by atoms with Crippen LogP contribution in [0.4, 0.5) is 5.82 Å². The quantitative estimate of drug-likeness (QED) is 0.758. The first-order chi connectivity index (χ1) is 11.3. The van der Waals surface area contributed by atoms with Crippen molar-refractivity contribution >= 4 is 5.82 Å². The largest absolute Gasteiger partial charge is 0.394 e. The molecule has 0 saturated carbocycles. The molecular weight excluding hydrogens is 288 g/mol. The lowest BCUT2D eigenvalue weighted by atomic mass is 10.1. The molecule has 3 aromatic rings. The minimum atomic E-state index is -0.212. The van der Waals surface area contributed by atoms with Gasteiger partial charge in [-0.05, 0) is 24.6 Å². The Balaban J connectivity index is 1.89. The van der Waals surface area contributed by atoms with Gasteiger partial charge in [0.1, 0.15) is 5.82 Å². The van der Waals surface area contributed by atoms with E-state index >= 15 is 0 Å². The number of aliphatic hydroxyl groups is 1. The van der Waals surface area contributed by atoms with Gasteiger partial charge in [0.25, 0.3) is 0 Å². The number of pyridine rings is 1. The molecule has 0 spiro atoms. The van der Waals surface area contributed by atoms with Crippen molar-refractivity contribution in [3.8, 4) is 11.4 Å². The molecule has 0 saturated heterocycles. The molecule has 0 radical (unpaired) electrons. The van der Waals surface area contributed by atoms with Crippen LogP contribution in [0.5, 0.6) is 0 Å². The summed E-state index contributed by atoms with van der Waals surface area (Å²) in [5.41, 5.74) is 2.78. The maximum Gasteiger partial charge on any atom is 0.161 e. The molecule has 2 aromatic heterocycles. The van der Waals surface area contributed by atoms with E-state index in [1.807, 2.05) is 55.5 Å². The molecule has 1 aromatic carbocycles. The van der Waals surface area contributed by atoms with Crippen molar-refractivity contribution in [2.45, 2.75) is 13.0 Å². The van der Waals surface area contributed by atoms with Gasteiger partial charge in [0, 0.05) is 29.7 Å². The zero-order chi connectivity index (χ0) is 16.1. The van der Waals surface area contributed by atoms with E-state index in [9.17, 15) is 5.11 Å². The Morgan fingerprint density at radius 1 is 1.04 bits per heavy atom. The number of nitrogens with zero attached hydrogens (tertiary/aromatic N) is 3. The Morgan fingerprint density at radius 2 is 1.78 bits per heavy atom. The van der Waals surface area contributed by atoms with E-state index in [1.54, 1.807) is 12.4 Å². The predicted molar refractivity (Wildman–Crippen MR) is 89.9 cm³/mol. The molecule has 23 heavy (non-hydrogen) atoms. The lowest BCUT2D eigenvalue weighted by Gasteiger charge is -2.18. The molecule has 0 aliphatic rings. The van der Waals surface area contributed by atoms with Gasteiger partial charge in [0.2, 0.25) is 0 Å². The second-order valence-corrected chi connectivity index (χ2v) is 5.24. The molecule has 0 unspecified atom stereocenters. The summed E-state index contributed by atoms with van der Waals surface area (Å²) in [7, 11) is 0. The number of nitrogens with one attached hydrogen (secondary N) is 1. The zero-order valence-electron chi connectivity index (χ0n) is 12.8. The number of hydrogen-bond donors (Lipinski definition) is 2. The van der Waals surface area contributed by atoms with E-state index in [0.29, 0.717) is 11.6 Å². The summed E-state index contributed by atoms with van der Waals surface area (Å²) in [5, 5.41) is 13.0. The van der Waals surface area contributed by atoms with Crippen LogP contribution in [0.25, 0.3) is 11.4 Å². The fourth-order valence-corrected chi connectivity index (χ4v) is 2.37. The molecule has 2 N–H and O–H groups in total. The zero-order valence-corrected chi connectivity index (χ0v) is 12.8. The molecule has 1 atom stereocenters. The molecule has 2 heterocycles. The fraction of sp³-hybridized carbons (Fsp3) is 0.167. The first kappa shape index (κ1) is 15.1. The first-order valence-corrected chi connectivity index (χ1v) is 7.44. The number of anilines is 1. The average molecular weight is 306 g/mol. The highest BCUT2D eigenvalue weighted by atomic mass is 16.3. The number of benzene rings is 1. The molecule has 0 bridgehead atoms. The van der Waals surface area contributed by atoms with E-state index in [0.717, 1.165) is 16.8 Å². The van der Waals surface area contributed by atoms with Crippen LogP contribution in [0.3, 0.4) is 0 Å². The SMILES string of the molecule is Cc1cc(N[C@H](CO)c2ccccc2)nc(-c2ccncc2)n1. The number of aromatic nitrogens is 3. The van der Waals surface area contributed by atoms with Gasteiger partial charge < -0.3 is 10.4 Å². The van der Waals surface area contributed by atoms with E-state index in [-0.39, 0.29) is 12.6 Å². The van der Waals surface area contributed by atoms with Gasteiger partial charge in [-0.2, -0.15) is 0 Å². The van der Waals surface area contributed by atoms with Crippen molar-refractivity contribution in [2.24, 2.45) is 0 Å². The second kappa shape index (κ2) is 6.98. The van der Waals surface area contributed by atoms with Crippen molar-refractivity contribution in [1.82, 2.24) is 15.0 Å². The van der Waals surface area contributed by atoms with Gasteiger partial charge in [-0.15, -0.1) is 0 Å². The molecule has 0 aliphatic heterocycles. The topological polar surface area (TPSA) is 70.9 Å². The summed E-state index contributed by atoms with van der Waals surface area (Å²) in [6.07, 6.45) is 3.43. The van der Waals surface area contributed by atoms with Crippen LogP contribution in [0.15, 0.2) is 60.9 Å². The lowest BCUT2D eigenvalue weighted by molar-refractivity contribution is 0.276. The van der Waals surface area contributed by atoms with Crippen LogP contribution in [-0.2, 0) is 0 Å². The number of aliphatic hydroxyl groups excluding tert-OH is 1. The third-order valence-corrected chi connectivity index (χ3v) is 3.50. The van der Waals surface area contributed by atoms with Gasteiger partial charge in [0.15, 0.2) is 5.82 Å². The number of aryl methyl sites for hydroxylation is 1. The van der Waals surface area contributed by atoms with Crippen LogP contribution >= 0.6 is 0 Å². The smallest absolute Gasteiger partial charge is 0.161 e. The predicted octanol–water partition coefficient (Wildman–Crippen LogP) is 2.99. The Morgan fingerprint density at radius 3 is 2.48 bits per heavy atom. The fourth-order valence-electron chi connectivity index (χ4n) is 2.37. The van der Waals surface area contributed by atoms with Crippen LogP contribution in [0.1, 0.15) is 17.3 Å². The van der Waals surface area contributed by atoms with Crippen LogP contribution in [-0.4, -0.2) is 26.7 Å². The van der Waals surface area contributed by atoms with Crippen molar-refractivity contribution in [1.29, 1.82) is 0 Å². The van der Waals surface area contributed by atoms with Crippen molar-refractivity contribution in [3.63, 3.8) is 0 Å². The van der Waals surface area contributed by atoms with Gasteiger partial charge in [-0.1, -0.05) is 30.3 Å².